The normalized spacial score (nSPS) is 10.8. The van der Waals surface area contributed by atoms with Crippen molar-refractivity contribution in [2.75, 3.05) is 11.1 Å². The second-order valence-electron chi connectivity index (χ2n) is 4.15. The Balaban J connectivity index is 2.07. The SMILES string of the molecule is Cc1cc(F)ccc1Nc1nc(N)nc2sccc12. The van der Waals surface area contributed by atoms with Gasteiger partial charge in [-0.3, -0.25) is 0 Å². The number of rotatable bonds is 2. The fraction of sp³-hybridized carbons (Fsp3) is 0.0769. The number of halogens is 1. The fourth-order valence-corrected chi connectivity index (χ4v) is 2.63. The largest absolute Gasteiger partial charge is 0.368 e. The summed E-state index contributed by atoms with van der Waals surface area (Å²) in [5.41, 5.74) is 7.29. The quantitative estimate of drug-likeness (QED) is 0.751. The van der Waals surface area contributed by atoms with Crippen LogP contribution in [0.5, 0.6) is 0 Å². The number of benzene rings is 1. The number of aryl methyl sites for hydroxylation is 1. The molecule has 0 aliphatic carbocycles. The highest BCUT2D eigenvalue weighted by Gasteiger charge is 2.09. The molecule has 0 saturated heterocycles. The summed E-state index contributed by atoms with van der Waals surface area (Å²) >= 11 is 1.50. The average Bonchev–Trinajstić information content (AvgIpc) is 2.80. The van der Waals surface area contributed by atoms with E-state index in [1.807, 2.05) is 18.4 Å². The van der Waals surface area contributed by atoms with Crippen LogP contribution in [0.25, 0.3) is 10.2 Å². The molecule has 2 aromatic heterocycles. The summed E-state index contributed by atoms with van der Waals surface area (Å²) in [5.74, 6) is 0.599. The zero-order valence-electron chi connectivity index (χ0n) is 10.1. The Kier molecular flexibility index (Phi) is 2.79. The van der Waals surface area contributed by atoms with Crippen LogP contribution >= 0.6 is 11.3 Å². The number of fused-ring (bicyclic) bond motifs is 1. The van der Waals surface area contributed by atoms with Crippen molar-refractivity contribution in [3.63, 3.8) is 0 Å². The Bertz CT molecular complexity index is 753. The smallest absolute Gasteiger partial charge is 0.223 e. The summed E-state index contributed by atoms with van der Waals surface area (Å²) in [6.07, 6.45) is 0. The Morgan fingerprint density at radius 1 is 1.26 bits per heavy atom. The highest BCUT2D eigenvalue weighted by molar-refractivity contribution is 7.16. The van der Waals surface area contributed by atoms with E-state index >= 15 is 0 Å². The van der Waals surface area contributed by atoms with Gasteiger partial charge >= 0.3 is 0 Å². The maximum atomic E-state index is 13.1. The van der Waals surface area contributed by atoms with Gasteiger partial charge in [0.25, 0.3) is 0 Å². The molecule has 0 spiro atoms. The van der Waals surface area contributed by atoms with Crippen molar-refractivity contribution < 1.29 is 4.39 Å². The van der Waals surface area contributed by atoms with E-state index in [0.717, 1.165) is 21.5 Å². The summed E-state index contributed by atoms with van der Waals surface area (Å²) in [4.78, 5) is 9.19. The number of hydrogen-bond acceptors (Lipinski definition) is 5. The topological polar surface area (TPSA) is 63.8 Å². The highest BCUT2D eigenvalue weighted by atomic mass is 32.1. The third-order valence-corrected chi connectivity index (χ3v) is 3.59. The second kappa shape index (κ2) is 4.47. The summed E-state index contributed by atoms with van der Waals surface area (Å²) in [6.45, 7) is 1.83. The van der Waals surface area contributed by atoms with Gasteiger partial charge in [-0.05, 0) is 42.1 Å². The average molecular weight is 274 g/mol. The van der Waals surface area contributed by atoms with E-state index in [-0.39, 0.29) is 11.8 Å². The summed E-state index contributed by atoms with van der Waals surface area (Å²) in [7, 11) is 0. The Morgan fingerprint density at radius 3 is 2.89 bits per heavy atom. The van der Waals surface area contributed by atoms with Crippen LogP contribution in [0.1, 0.15) is 5.56 Å². The lowest BCUT2D eigenvalue weighted by Gasteiger charge is -2.10. The molecule has 19 heavy (non-hydrogen) atoms. The first-order valence-electron chi connectivity index (χ1n) is 5.67. The van der Waals surface area contributed by atoms with Gasteiger partial charge in [-0.2, -0.15) is 4.98 Å². The number of thiophene rings is 1. The Morgan fingerprint density at radius 2 is 2.11 bits per heavy atom. The fourth-order valence-electron chi connectivity index (χ4n) is 1.86. The van der Waals surface area contributed by atoms with Crippen molar-refractivity contribution in [1.82, 2.24) is 9.97 Å². The molecule has 2 heterocycles. The van der Waals surface area contributed by atoms with Crippen LogP contribution in [0.3, 0.4) is 0 Å². The number of hydrogen-bond donors (Lipinski definition) is 2. The van der Waals surface area contributed by atoms with E-state index in [9.17, 15) is 4.39 Å². The molecule has 0 aliphatic heterocycles. The number of nitrogen functional groups attached to an aromatic ring is 1. The molecule has 3 N–H and O–H groups in total. The van der Waals surface area contributed by atoms with Gasteiger partial charge in [0.05, 0.1) is 5.39 Å². The van der Waals surface area contributed by atoms with Gasteiger partial charge in [0, 0.05) is 5.69 Å². The monoisotopic (exact) mass is 274 g/mol. The highest BCUT2D eigenvalue weighted by Crippen LogP contribution is 2.29. The van der Waals surface area contributed by atoms with Crippen molar-refractivity contribution in [3.05, 3.63) is 41.0 Å². The summed E-state index contributed by atoms with van der Waals surface area (Å²) < 4.78 is 13.1. The summed E-state index contributed by atoms with van der Waals surface area (Å²) in [5, 5.41) is 6.02. The molecular formula is C13H11FN4S. The van der Waals surface area contributed by atoms with Crippen LogP contribution in [0.2, 0.25) is 0 Å². The van der Waals surface area contributed by atoms with E-state index in [4.69, 9.17) is 5.73 Å². The van der Waals surface area contributed by atoms with E-state index in [1.165, 1.54) is 23.5 Å². The molecule has 0 atom stereocenters. The molecule has 3 aromatic rings. The van der Waals surface area contributed by atoms with Crippen molar-refractivity contribution in [2.45, 2.75) is 6.92 Å². The first-order chi connectivity index (χ1) is 9.13. The third kappa shape index (κ3) is 2.22. The molecule has 0 radical (unpaired) electrons. The molecule has 6 heteroatoms. The lowest BCUT2D eigenvalue weighted by molar-refractivity contribution is 0.627. The molecule has 0 aliphatic rings. The van der Waals surface area contributed by atoms with E-state index < -0.39 is 0 Å². The third-order valence-electron chi connectivity index (χ3n) is 2.78. The molecular weight excluding hydrogens is 263 g/mol. The number of anilines is 3. The number of nitrogens with two attached hydrogens (primary N) is 1. The minimum atomic E-state index is -0.258. The van der Waals surface area contributed by atoms with Gasteiger partial charge in [-0.15, -0.1) is 11.3 Å². The van der Waals surface area contributed by atoms with Gasteiger partial charge in [0.1, 0.15) is 16.5 Å². The van der Waals surface area contributed by atoms with Gasteiger partial charge in [-0.1, -0.05) is 0 Å². The lowest BCUT2D eigenvalue weighted by atomic mass is 10.2. The number of aromatic nitrogens is 2. The van der Waals surface area contributed by atoms with Gasteiger partial charge in [0.15, 0.2) is 0 Å². The molecule has 0 fully saturated rings. The predicted octanol–water partition coefficient (Wildman–Crippen LogP) is 3.46. The van der Waals surface area contributed by atoms with E-state index in [1.54, 1.807) is 6.07 Å². The molecule has 0 saturated carbocycles. The van der Waals surface area contributed by atoms with Crippen LogP contribution in [-0.2, 0) is 0 Å². The molecule has 1 aromatic carbocycles. The zero-order valence-corrected chi connectivity index (χ0v) is 11.0. The van der Waals surface area contributed by atoms with E-state index in [2.05, 4.69) is 15.3 Å². The van der Waals surface area contributed by atoms with Gasteiger partial charge < -0.3 is 11.1 Å². The van der Waals surface area contributed by atoms with Crippen molar-refractivity contribution in [2.24, 2.45) is 0 Å². The van der Waals surface area contributed by atoms with Gasteiger partial charge in [-0.25, -0.2) is 9.37 Å². The Labute approximate surface area is 113 Å². The standard InChI is InChI=1S/C13H11FN4S/c1-7-6-8(14)2-3-10(7)16-11-9-4-5-19-12(9)18-13(15)17-11/h2-6H,1H3,(H3,15,16,17,18). The van der Waals surface area contributed by atoms with Crippen LogP contribution in [0.4, 0.5) is 21.8 Å². The number of nitrogens with zero attached hydrogens (tertiary/aromatic N) is 2. The maximum Gasteiger partial charge on any atom is 0.223 e. The second-order valence-corrected chi connectivity index (χ2v) is 5.05. The van der Waals surface area contributed by atoms with Crippen molar-refractivity contribution >= 4 is 39.0 Å². The molecule has 96 valence electrons. The summed E-state index contributed by atoms with van der Waals surface area (Å²) in [6, 6.07) is 6.49. The minimum absolute atomic E-state index is 0.220. The first kappa shape index (κ1) is 11.9. The van der Waals surface area contributed by atoms with E-state index in [0.29, 0.717) is 5.82 Å². The molecule has 0 bridgehead atoms. The van der Waals surface area contributed by atoms with Crippen LogP contribution in [-0.4, -0.2) is 9.97 Å². The molecule has 3 rings (SSSR count). The van der Waals surface area contributed by atoms with Crippen molar-refractivity contribution in [3.8, 4) is 0 Å². The lowest BCUT2D eigenvalue weighted by Crippen LogP contribution is -2.01. The number of nitrogens with one attached hydrogen (secondary N) is 1. The first-order valence-corrected chi connectivity index (χ1v) is 6.55. The maximum absolute atomic E-state index is 13.1. The zero-order chi connectivity index (χ0) is 13.4. The van der Waals surface area contributed by atoms with Crippen molar-refractivity contribution in [1.29, 1.82) is 0 Å². The Hall–Kier alpha value is -2.21. The molecule has 0 amide bonds. The van der Waals surface area contributed by atoms with Crippen LogP contribution < -0.4 is 11.1 Å². The predicted molar refractivity (Wildman–Crippen MR) is 76.2 cm³/mol. The minimum Gasteiger partial charge on any atom is -0.368 e. The molecule has 0 unspecified atom stereocenters. The van der Waals surface area contributed by atoms with Gasteiger partial charge in [0.2, 0.25) is 5.95 Å². The van der Waals surface area contributed by atoms with Crippen LogP contribution in [0.15, 0.2) is 29.6 Å². The molecule has 4 nitrogen and oxygen atoms in total. The van der Waals surface area contributed by atoms with Crippen LogP contribution in [0, 0.1) is 12.7 Å².